The second-order valence-corrected chi connectivity index (χ2v) is 3.30. The van der Waals surface area contributed by atoms with Crippen molar-refractivity contribution in [2.24, 2.45) is 0 Å². The van der Waals surface area contributed by atoms with Crippen molar-refractivity contribution in [3.8, 4) is 0 Å². The number of aryl methyl sites for hydroxylation is 2. The topological polar surface area (TPSA) is 3.24 Å². The smallest absolute Gasteiger partial charge is 0.0393 e. The summed E-state index contributed by atoms with van der Waals surface area (Å²) in [6.45, 7) is 7.51. The molecule has 1 rings (SSSR count). The zero-order chi connectivity index (χ0) is 9.14. The third-order valence-electron chi connectivity index (χ3n) is 2.24. The van der Waals surface area contributed by atoms with E-state index < -0.39 is 0 Å². The van der Waals surface area contributed by atoms with Gasteiger partial charge in [0.25, 0.3) is 0 Å². The summed E-state index contributed by atoms with van der Waals surface area (Å²) in [7, 11) is 2.12. The van der Waals surface area contributed by atoms with Gasteiger partial charge in [-0.15, -0.1) is 0 Å². The van der Waals surface area contributed by atoms with Crippen LogP contribution in [-0.4, -0.2) is 13.6 Å². The zero-order valence-corrected chi connectivity index (χ0v) is 8.39. The Morgan fingerprint density at radius 3 is 2.42 bits per heavy atom. The molecule has 1 nitrogen and oxygen atoms in total. The standard InChI is InChI=1S/C11H17N/c1-5-12(4)11-7-6-9(2)8-10(11)3/h6-8H,5H2,1-4H3. The van der Waals surface area contributed by atoms with E-state index in [1.54, 1.807) is 0 Å². The average Bonchev–Trinajstić information content (AvgIpc) is 2.03. The Bertz CT molecular complexity index is 266. The lowest BCUT2D eigenvalue weighted by atomic mass is 10.1. The molecule has 1 aromatic carbocycles. The van der Waals surface area contributed by atoms with E-state index >= 15 is 0 Å². The van der Waals surface area contributed by atoms with Crippen molar-refractivity contribution in [2.75, 3.05) is 18.5 Å². The summed E-state index contributed by atoms with van der Waals surface area (Å²) in [5.41, 5.74) is 4.03. The summed E-state index contributed by atoms with van der Waals surface area (Å²) in [4.78, 5) is 2.26. The summed E-state index contributed by atoms with van der Waals surface area (Å²) >= 11 is 0. The fourth-order valence-corrected chi connectivity index (χ4v) is 1.40. The molecule has 0 N–H and O–H groups in total. The monoisotopic (exact) mass is 163 g/mol. The van der Waals surface area contributed by atoms with E-state index in [0.717, 1.165) is 6.54 Å². The van der Waals surface area contributed by atoms with Gasteiger partial charge in [-0.25, -0.2) is 0 Å². The molecule has 66 valence electrons. The summed E-state index contributed by atoms with van der Waals surface area (Å²) < 4.78 is 0. The first-order valence-electron chi connectivity index (χ1n) is 4.43. The third kappa shape index (κ3) is 1.79. The van der Waals surface area contributed by atoms with Gasteiger partial charge in [0.2, 0.25) is 0 Å². The zero-order valence-electron chi connectivity index (χ0n) is 8.39. The van der Waals surface area contributed by atoms with Gasteiger partial charge in [0.15, 0.2) is 0 Å². The molecule has 0 radical (unpaired) electrons. The minimum absolute atomic E-state index is 1.06. The molecule has 0 bridgehead atoms. The highest BCUT2D eigenvalue weighted by Crippen LogP contribution is 2.19. The third-order valence-corrected chi connectivity index (χ3v) is 2.24. The molecule has 1 heteroatoms. The van der Waals surface area contributed by atoms with Crippen LogP contribution in [0.15, 0.2) is 18.2 Å². The van der Waals surface area contributed by atoms with E-state index in [1.807, 2.05) is 0 Å². The normalized spacial score (nSPS) is 10.0. The summed E-state index contributed by atoms with van der Waals surface area (Å²) in [6, 6.07) is 6.57. The van der Waals surface area contributed by atoms with Crippen molar-refractivity contribution in [2.45, 2.75) is 20.8 Å². The Balaban J connectivity index is 3.01. The quantitative estimate of drug-likeness (QED) is 0.648. The minimum atomic E-state index is 1.06. The van der Waals surface area contributed by atoms with Crippen LogP contribution in [0.5, 0.6) is 0 Å². The molecule has 0 fully saturated rings. The van der Waals surface area contributed by atoms with Crippen molar-refractivity contribution in [3.63, 3.8) is 0 Å². The van der Waals surface area contributed by atoms with Crippen molar-refractivity contribution < 1.29 is 0 Å². The van der Waals surface area contributed by atoms with Gasteiger partial charge in [-0.1, -0.05) is 17.7 Å². The molecule has 0 aliphatic rings. The second kappa shape index (κ2) is 3.61. The van der Waals surface area contributed by atoms with Crippen molar-refractivity contribution >= 4 is 5.69 Å². The van der Waals surface area contributed by atoms with E-state index in [4.69, 9.17) is 0 Å². The van der Waals surface area contributed by atoms with Crippen LogP contribution < -0.4 is 4.90 Å². The SMILES string of the molecule is CCN(C)c1ccc(C)cc1C. The molecule has 0 spiro atoms. The van der Waals surface area contributed by atoms with Gasteiger partial charge in [0.1, 0.15) is 0 Å². The Labute approximate surface area is 75.0 Å². The molecule has 0 heterocycles. The van der Waals surface area contributed by atoms with Crippen LogP contribution >= 0.6 is 0 Å². The van der Waals surface area contributed by atoms with Gasteiger partial charge in [0.05, 0.1) is 0 Å². The Morgan fingerprint density at radius 2 is 1.92 bits per heavy atom. The van der Waals surface area contributed by atoms with Crippen molar-refractivity contribution in [1.29, 1.82) is 0 Å². The minimum Gasteiger partial charge on any atom is -0.375 e. The Kier molecular flexibility index (Phi) is 2.74. The highest BCUT2D eigenvalue weighted by molar-refractivity contribution is 5.53. The molecular weight excluding hydrogens is 146 g/mol. The molecular formula is C11H17N. The number of hydrogen-bond acceptors (Lipinski definition) is 1. The van der Waals surface area contributed by atoms with Gasteiger partial charge < -0.3 is 4.90 Å². The predicted molar refractivity (Wildman–Crippen MR) is 54.9 cm³/mol. The summed E-state index contributed by atoms with van der Waals surface area (Å²) in [5.74, 6) is 0. The van der Waals surface area contributed by atoms with Gasteiger partial charge in [-0.3, -0.25) is 0 Å². The number of nitrogens with zero attached hydrogens (tertiary/aromatic N) is 1. The molecule has 0 atom stereocenters. The van der Waals surface area contributed by atoms with Crippen LogP contribution in [-0.2, 0) is 0 Å². The highest BCUT2D eigenvalue weighted by atomic mass is 15.1. The molecule has 0 aliphatic carbocycles. The molecule has 12 heavy (non-hydrogen) atoms. The van der Waals surface area contributed by atoms with Crippen LogP contribution in [0, 0.1) is 13.8 Å². The predicted octanol–water partition coefficient (Wildman–Crippen LogP) is 2.76. The van der Waals surface area contributed by atoms with E-state index in [0.29, 0.717) is 0 Å². The first-order chi connectivity index (χ1) is 5.65. The lowest BCUT2D eigenvalue weighted by Crippen LogP contribution is -2.16. The first kappa shape index (κ1) is 9.11. The average molecular weight is 163 g/mol. The fraction of sp³-hybridized carbons (Fsp3) is 0.455. The van der Waals surface area contributed by atoms with Gasteiger partial charge >= 0.3 is 0 Å². The maximum atomic E-state index is 2.26. The van der Waals surface area contributed by atoms with E-state index in [9.17, 15) is 0 Å². The number of rotatable bonds is 2. The highest BCUT2D eigenvalue weighted by Gasteiger charge is 2.00. The molecule has 0 saturated heterocycles. The molecule has 0 saturated carbocycles. The second-order valence-electron chi connectivity index (χ2n) is 3.30. The molecule has 1 aromatic rings. The number of benzene rings is 1. The van der Waals surface area contributed by atoms with E-state index in [1.165, 1.54) is 16.8 Å². The molecule has 0 aromatic heterocycles. The van der Waals surface area contributed by atoms with Crippen LogP contribution in [0.3, 0.4) is 0 Å². The van der Waals surface area contributed by atoms with Gasteiger partial charge in [0, 0.05) is 19.3 Å². The van der Waals surface area contributed by atoms with Crippen molar-refractivity contribution in [1.82, 2.24) is 0 Å². The van der Waals surface area contributed by atoms with Crippen molar-refractivity contribution in [3.05, 3.63) is 29.3 Å². The number of hydrogen-bond donors (Lipinski definition) is 0. The lowest BCUT2D eigenvalue weighted by molar-refractivity contribution is 0.960. The van der Waals surface area contributed by atoms with Gasteiger partial charge in [-0.05, 0) is 32.4 Å². The van der Waals surface area contributed by atoms with Gasteiger partial charge in [-0.2, -0.15) is 0 Å². The van der Waals surface area contributed by atoms with Crippen LogP contribution in [0.4, 0.5) is 5.69 Å². The van der Waals surface area contributed by atoms with E-state index in [-0.39, 0.29) is 0 Å². The fourth-order valence-electron chi connectivity index (χ4n) is 1.40. The lowest BCUT2D eigenvalue weighted by Gasteiger charge is -2.19. The summed E-state index contributed by atoms with van der Waals surface area (Å²) in [6.07, 6.45) is 0. The first-order valence-corrected chi connectivity index (χ1v) is 4.43. The number of anilines is 1. The van der Waals surface area contributed by atoms with Crippen LogP contribution in [0.1, 0.15) is 18.1 Å². The van der Waals surface area contributed by atoms with Crippen LogP contribution in [0.2, 0.25) is 0 Å². The maximum Gasteiger partial charge on any atom is 0.0393 e. The molecule has 0 unspecified atom stereocenters. The Morgan fingerprint density at radius 1 is 1.25 bits per heavy atom. The molecule has 0 amide bonds. The largest absolute Gasteiger partial charge is 0.375 e. The summed E-state index contributed by atoms with van der Waals surface area (Å²) in [5, 5.41) is 0. The van der Waals surface area contributed by atoms with Crippen LogP contribution in [0.25, 0.3) is 0 Å². The Hall–Kier alpha value is -0.980. The maximum absolute atomic E-state index is 2.26. The molecule has 0 aliphatic heterocycles. The van der Waals surface area contributed by atoms with E-state index in [2.05, 4.69) is 50.9 Å².